The Hall–Kier alpha value is -2.96. The summed E-state index contributed by atoms with van der Waals surface area (Å²) in [5, 5.41) is 12.8. The van der Waals surface area contributed by atoms with Crippen LogP contribution in [0.25, 0.3) is 16.2 Å². The van der Waals surface area contributed by atoms with Crippen molar-refractivity contribution in [3.63, 3.8) is 0 Å². The maximum Gasteiger partial charge on any atom is 0.417 e. The number of thiazole rings is 1. The third kappa shape index (κ3) is 3.69. The Morgan fingerprint density at radius 1 is 1.21 bits per heavy atom. The maximum atomic E-state index is 13.1. The molecule has 0 saturated heterocycles. The van der Waals surface area contributed by atoms with Gasteiger partial charge in [0, 0.05) is 12.4 Å². The Balaban J connectivity index is 1.67. The minimum Gasteiger partial charge on any atom is -0.323 e. The number of anilines is 2. The zero-order valence-corrected chi connectivity index (χ0v) is 16.2. The second kappa shape index (κ2) is 7.13. The van der Waals surface area contributed by atoms with Crippen molar-refractivity contribution in [2.24, 2.45) is 0 Å². The van der Waals surface area contributed by atoms with Crippen LogP contribution in [0.4, 0.5) is 23.3 Å². The summed E-state index contributed by atoms with van der Waals surface area (Å²) in [6.07, 6.45) is -1.88. The normalized spacial score (nSPS) is 11.8. The summed E-state index contributed by atoms with van der Waals surface area (Å²) in [6.45, 7) is 1.72. The van der Waals surface area contributed by atoms with Crippen molar-refractivity contribution in [1.82, 2.24) is 19.8 Å². The molecule has 0 aromatic carbocycles. The molecule has 0 saturated carbocycles. The fourth-order valence-corrected chi connectivity index (χ4v) is 4.54. The second-order valence-electron chi connectivity index (χ2n) is 5.95. The van der Waals surface area contributed by atoms with Crippen molar-refractivity contribution < 1.29 is 23.2 Å². The molecule has 0 aliphatic heterocycles. The van der Waals surface area contributed by atoms with Gasteiger partial charge in [-0.25, -0.2) is 15.4 Å². The number of carbonyl (C=O) groups is 1. The molecule has 0 aliphatic carbocycles. The van der Waals surface area contributed by atoms with Gasteiger partial charge in [0.15, 0.2) is 5.13 Å². The van der Waals surface area contributed by atoms with Crippen molar-refractivity contribution in [3.8, 4) is 10.6 Å². The first-order chi connectivity index (χ1) is 13.8. The molecule has 0 spiro atoms. The molecular weight excluding hydrogens is 427 g/mol. The number of hydrogen-bond donors (Lipinski definition) is 3. The second-order valence-corrected chi connectivity index (χ2v) is 8.06. The Morgan fingerprint density at radius 3 is 2.72 bits per heavy atom. The smallest absolute Gasteiger partial charge is 0.323 e. The van der Waals surface area contributed by atoms with E-state index in [0.29, 0.717) is 36.9 Å². The number of nitrogens with one attached hydrogen (secondary N) is 2. The van der Waals surface area contributed by atoms with Gasteiger partial charge in [0.2, 0.25) is 0 Å². The van der Waals surface area contributed by atoms with Crippen LogP contribution in [0.2, 0.25) is 0 Å². The van der Waals surface area contributed by atoms with Crippen LogP contribution in [0.15, 0.2) is 36.7 Å². The van der Waals surface area contributed by atoms with E-state index in [9.17, 15) is 18.0 Å². The largest absolute Gasteiger partial charge is 0.417 e. The number of imidazole rings is 1. The van der Waals surface area contributed by atoms with E-state index >= 15 is 0 Å². The molecule has 4 heterocycles. The Bertz CT molecular complexity index is 1210. The molecule has 7 nitrogen and oxygen atoms in total. The fraction of sp³-hybridized carbons (Fsp3) is 0.118. The number of pyridine rings is 1. The predicted molar refractivity (Wildman–Crippen MR) is 103 cm³/mol. The standard InChI is InChI=1S/C17H12F3N5O2S2/c1-8-14(25-7-9(17(18,19)20)2-4-12(25)22-8)11-6-21-16(29-11)23-13-5-3-10(28-13)15(26)24-27/h2-7,27H,1H3,(H,21,23)(H,24,26). The first-order valence-corrected chi connectivity index (χ1v) is 9.73. The van der Waals surface area contributed by atoms with Gasteiger partial charge in [-0.2, -0.15) is 13.2 Å². The van der Waals surface area contributed by atoms with Crippen molar-refractivity contribution >= 4 is 44.4 Å². The lowest BCUT2D eigenvalue weighted by Gasteiger charge is -2.07. The van der Waals surface area contributed by atoms with Gasteiger partial charge in [-0.05, 0) is 31.2 Å². The van der Waals surface area contributed by atoms with E-state index in [4.69, 9.17) is 5.21 Å². The lowest BCUT2D eigenvalue weighted by atomic mass is 10.2. The number of halogens is 3. The molecule has 12 heteroatoms. The van der Waals surface area contributed by atoms with Crippen molar-refractivity contribution in [3.05, 3.63) is 52.8 Å². The Morgan fingerprint density at radius 2 is 2.00 bits per heavy atom. The van der Waals surface area contributed by atoms with E-state index in [1.807, 2.05) is 0 Å². The lowest BCUT2D eigenvalue weighted by molar-refractivity contribution is -0.137. The van der Waals surface area contributed by atoms with E-state index in [-0.39, 0.29) is 0 Å². The number of carbonyl (C=O) groups excluding carboxylic acids is 1. The van der Waals surface area contributed by atoms with E-state index in [1.54, 1.807) is 30.7 Å². The van der Waals surface area contributed by atoms with Gasteiger partial charge in [0.05, 0.1) is 31.7 Å². The van der Waals surface area contributed by atoms with Gasteiger partial charge >= 0.3 is 6.18 Å². The predicted octanol–water partition coefficient (Wildman–Crippen LogP) is 4.71. The molecule has 1 amide bonds. The molecule has 0 radical (unpaired) electrons. The summed E-state index contributed by atoms with van der Waals surface area (Å²) in [7, 11) is 0. The third-order valence-electron chi connectivity index (χ3n) is 4.02. The highest BCUT2D eigenvalue weighted by Crippen LogP contribution is 2.36. The van der Waals surface area contributed by atoms with Crippen molar-refractivity contribution in [2.45, 2.75) is 13.1 Å². The average Bonchev–Trinajstić information content (AvgIpc) is 3.38. The SMILES string of the molecule is Cc1nc2ccc(C(F)(F)F)cn2c1-c1cnc(Nc2ccc(C(=O)NO)s2)s1. The first-order valence-electron chi connectivity index (χ1n) is 8.09. The molecule has 0 atom stereocenters. The highest BCUT2D eigenvalue weighted by Gasteiger charge is 2.31. The quantitative estimate of drug-likeness (QED) is 0.316. The molecule has 0 bridgehead atoms. The number of hydroxylamine groups is 1. The molecular formula is C17H12F3N5O2S2. The number of amides is 1. The molecule has 29 heavy (non-hydrogen) atoms. The van der Waals surface area contributed by atoms with Crippen LogP contribution < -0.4 is 10.8 Å². The monoisotopic (exact) mass is 439 g/mol. The fourth-order valence-electron chi connectivity index (χ4n) is 2.76. The number of aryl methyl sites for hydroxylation is 1. The molecule has 0 fully saturated rings. The van der Waals surface area contributed by atoms with Gasteiger partial charge in [0.25, 0.3) is 5.91 Å². The summed E-state index contributed by atoms with van der Waals surface area (Å²) in [5.41, 5.74) is 2.32. The third-order valence-corrected chi connectivity index (χ3v) is 5.94. The van der Waals surface area contributed by atoms with Crippen molar-refractivity contribution in [2.75, 3.05) is 5.32 Å². The zero-order chi connectivity index (χ0) is 20.8. The van der Waals surface area contributed by atoms with Crippen LogP contribution in [0.1, 0.15) is 20.9 Å². The minimum absolute atomic E-state index is 0.309. The zero-order valence-electron chi connectivity index (χ0n) is 14.6. The molecule has 0 unspecified atom stereocenters. The molecule has 0 aliphatic rings. The Kier molecular flexibility index (Phi) is 4.76. The summed E-state index contributed by atoms with van der Waals surface area (Å²) in [6, 6.07) is 5.53. The summed E-state index contributed by atoms with van der Waals surface area (Å²) >= 11 is 2.36. The van der Waals surface area contributed by atoms with Crippen LogP contribution in [-0.4, -0.2) is 25.5 Å². The number of hydrogen-bond acceptors (Lipinski definition) is 7. The number of nitrogens with zero attached hydrogens (tertiary/aromatic N) is 3. The maximum absolute atomic E-state index is 13.1. The number of rotatable bonds is 4. The molecule has 4 aromatic rings. The van der Waals surface area contributed by atoms with Crippen LogP contribution in [0.5, 0.6) is 0 Å². The van der Waals surface area contributed by atoms with Gasteiger partial charge in [-0.15, -0.1) is 11.3 Å². The van der Waals surface area contributed by atoms with Gasteiger partial charge < -0.3 is 5.32 Å². The number of thiophene rings is 1. The highest BCUT2D eigenvalue weighted by molar-refractivity contribution is 7.20. The van der Waals surface area contributed by atoms with Crippen LogP contribution in [0.3, 0.4) is 0 Å². The van der Waals surface area contributed by atoms with E-state index in [1.165, 1.54) is 21.8 Å². The van der Waals surface area contributed by atoms with Gasteiger partial charge in [-0.3, -0.25) is 14.4 Å². The summed E-state index contributed by atoms with van der Waals surface area (Å²) < 4.78 is 40.7. The minimum atomic E-state index is -4.46. The Labute approximate surface area is 169 Å². The average molecular weight is 439 g/mol. The first kappa shape index (κ1) is 19.4. The van der Waals surface area contributed by atoms with E-state index in [2.05, 4.69) is 15.3 Å². The number of aromatic nitrogens is 3. The topological polar surface area (TPSA) is 91.5 Å². The molecule has 4 aromatic heterocycles. The summed E-state index contributed by atoms with van der Waals surface area (Å²) in [4.78, 5) is 21.0. The molecule has 3 N–H and O–H groups in total. The molecule has 4 rings (SSSR count). The summed E-state index contributed by atoms with van der Waals surface area (Å²) in [5.74, 6) is -0.621. The van der Waals surface area contributed by atoms with E-state index < -0.39 is 17.6 Å². The van der Waals surface area contributed by atoms with Gasteiger partial charge in [0.1, 0.15) is 5.65 Å². The lowest BCUT2D eigenvalue weighted by Crippen LogP contribution is -2.16. The highest BCUT2D eigenvalue weighted by atomic mass is 32.1. The van der Waals surface area contributed by atoms with Crippen LogP contribution in [-0.2, 0) is 6.18 Å². The van der Waals surface area contributed by atoms with Gasteiger partial charge in [-0.1, -0.05) is 11.3 Å². The van der Waals surface area contributed by atoms with Crippen LogP contribution >= 0.6 is 22.7 Å². The van der Waals surface area contributed by atoms with Crippen LogP contribution in [0, 0.1) is 6.92 Å². The van der Waals surface area contributed by atoms with Crippen molar-refractivity contribution in [1.29, 1.82) is 0 Å². The molecule has 150 valence electrons. The number of alkyl halides is 3. The van der Waals surface area contributed by atoms with E-state index in [0.717, 1.165) is 23.6 Å². The number of fused-ring (bicyclic) bond motifs is 1.